The highest BCUT2D eigenvalue weighted by Crippen LogP contribution is 2.37. The summed E-state index contributed by atoms with van der Waals surface area (Å²) in [5.41, 5.74) is 4.05. The molecule has 0 bridgehead atoms. The molecule has 2 saturated heterocycles. The summed E-state index contributed by atoms with van der Waals surface area (Å²) in [5, 5.41) is 6.41. The van der Waals surface area contributed by atoms with Crippen LogP contribution in [0, 0.1) is 5.92 Å². The molecule has 6 heterocycles. The van der Waals surface area contributed by atoms with Crippen LogP contribution in [0.3, 0.4) is 0 Å². The van der Waals surface area contributed by atoms with Crippen LogP contribution in [0.2, 0.25) is 0 Å². The highest BCUT2D eigenvalue weighted by Gasteiger charge is 2.32. The molecule has 0 unspecified atom stereocenters. The average molecular weight is 592 g/mol. The van der Waals surface area contributed by atoms with E-state index in [0.717, 1.165) is 74.1 Å². The molecule has 0 aliphatic carbocycles. The summed E-state index contributed by atoms with van der Waals surface area (Å²) in [5.74, 6) is 0.746. The van der Waals surface area contributed by atoms with Gasteiger partial charge in [-0.15, -0.1) is 0 Å². The maximum atomic E-state index is 13.5. The largest absolute Gasteiger partial charge is 0.452 e. The van der Waals surface area contributed by atoms with Crippen molar-refractivity contribution in [3.05, 3.63) is 78.1 Å². The van der Waals surface area contributed by atoms with Gasteiger partial charge in [-0.05, 0) is 68.2 Å². The fourth-order valence-corrected chi connectivity index (χ4v) is 6.39. The third-order valence-corrected chi connectivity index (χ3v) is 8.60. The van der Waals surface area contributed by atoms with Gasteiger partial charge in [0.15, 0.2) is 5.76 Å². The summed E-state index contributed by atoms with van der Waals surface area (Å²) in [6, 6.07) is 10.0. The first-order valence-corrected chi connectivity index (χ1v) is 15.0. The minimum Gasteiger partial charge on any atom is -0.452 e. The molecule has 3 amide bonds. The van der Waals surface area contributed by atoms with Crippen molar-refractivity contribution in [3.8, 4) is 5.75 Å². The molecule has 2 fully saturated rings. The fourth-order valence-electron chi connectivity index (χ4n) is 6.39. The Bertz CT molecular complexity index is 1780. The van der Waals surface area contributed by atoms with Crippen molar-refractivity contribution in [3.63, 3.8) is 0 Å². The number of nitrogens with one attached hydrogen (secondary N) is 2. The van der Waals surface area contributed by atoms with E-state index in [1.807, 2.05) is 35.0 Å². The Balaban J connectivity index is 1.10. The maximum Gasteiger partial charge on any atom is 0.323 e. The summed E-state index contributed by atoms with van der Waals surface area (Å²) in [4.78, 5) is 51.9. The molecule has 3 aliphatic rings. The van der Waals surface area contributed by atoms with E-state index in [-0.39, 0.29) is 17.5 Å². The minimum absolute atomic E-state index is 0.0721. The molecule has 0 spiro atoms. The van der Waals surface area contributed by atoms with Crippen LogP contribution in [0.1, 0.15) is 41.6 Å². The van der Waals surface area contributed by atoms with E-state index in [0.29, 0.717) is 28.6 Å². The summed E-state index contributed by atoms with van der Waals surface area (Å²) in [6.45, 7) is 3.32. The van der Waals surface area contributed by atoms with Crippen molar-refractivity contribution in [1.82, 2.24) is 19.4 Å². The maximum absolute atomic E-state index is 13.5. The third-order valence-electron chi connectivity index (χ3n) is 8.60. The van der Waals surface area contributed by atoms with E-state index in [1.165, 1.54) is 0 Å². The molecule has 7 rings (SSSR count). The van der Waals surface area contributed by atoms with E-state index in [4.69, 9.17) is 4.74 Å². The van der Waals surface area contributed by atoms with Crippen LogP contribution in [-0.4, -0.2) is 63.3 Å². The van der Waals surface area contributed by atoms with Crippen LogP contribution < -0.4 is 20.3 Å². The number of hydrogen-bond donors (Lipinski definition) is 2. The Labute approximate surface area is 254 Å². The number of ether oxygens (including phenoxy) is 1. The van der Waals surface area contributed by atoms with Crippen molar-refractivity contribution >= 4 is 51.9 Å². The Morgan fingerprint density at radius 3 is 2.57 bits per heavy atom. The number of aryl methyl sites for hydroxylation is 1. The van der Waals surface area contributed by atoms with Gasteiger partial charge in [-0.3, -0.25) is 14.6 Å². The first kappa shape index (κ1) is 27.6. The molecule has 224 valence electrons. The lowest BCUT2D eigenvalue weighted by atomic mass is 9.94. The second kappa shape index (κ2) is 11.5. The second-order valence-electron chi connectivity index (χ2n) is 11.5. The van der Waals surface area contributed by atoms with Crippen LogP contribution in [0.25, 0.3) is 17.1 Å². The van der Waals surface area contributed by atoms with Gasteiger partial charge >= 0.3 is 6.03 Å². The van der Waals surface area contributed by atoms with Gasteiger partial charge < -0.3 is 29.7 Å². The number of urea groups is 1. The third kappa shape index (κ3) is 5.25. The zero-order valence-corrected chi connectivity index (χ0v) is 24.5. The molecule has 0 radical (unpaired) electrons. The van der Waals surface area contributed by atoms with Gasteiger partial charge in [-0.25, -0.2) is 9.78 Å². The highest BCUT2D eigenvalue weighted by molar-refractivity contribution is 6.16. The molecule has 0 atom stereocenters. The SMILES string of the molecule is Cn1cc(C=C2Oc3ccc(NC(=O)Nc4cccnc4)cc3C2=O)c2c(N3CCC(C(=O)N4CCCC4)CC3)ccnc21. The van der Waals surface area contributed by atoms with Crippen molar-refractivity contribution in [2.75, 3.05) is 41.7 Å². The van der Waals surface area contributed by atoms with E-state index in [9.17, 15) is 14.4 Å². The normalized spacial score (nSPS) is 17.7. The molecule has 11 nitrogen and oxygen atoms in total. The van der Waals surface area contributed by atoms with Gasteiger partial charge in [0, 0.05) is 80.1 Å². The van der Waals surface area contributed by atoms with Crippen molar-refractivity contribution in [2.45, 2.75) is 25.7 Å². The predicted octanol–water partition coefficient (Wildman–Crippen LogP) is 5.07. The molecule has 0 saturated carbocycles. The second-order valence-corrected chi connectivity index (χ2v) is 11.5. The average Bonchev–Trinajstić information content (AvgIpc) is 3.77. The van der Waals surface area contributed by atoms with Crippen molar-refractivity contribution in [2.24, 2.45) is 13.0 Å². The van der Waals surface area contributed by atoms with Gasteiger partial charge in [0.2, 0.25) is 11.7 Å². The molecule has 4 aromatic rings. The van der Waals surface area contributed by atoms with Gasteiger partial charge in [0.25, 0.3) is 0 Å². The number of pyridine rings is 2. The topological polar surface area (TPSA) is 122 Å². The molecular weight excluding hydrogens is 558 g/mol. The van der Waals surface area contributed by atoms with E-state index < -0.39 is 6.03 Å². The number of nitrogens with zero attached hydrogens (tertiary/aromatic N) is 5. The quantitative estimate of drug-likeness (QED) is 0.311. The summed E-state index contributed by atoms with van der Waals surface area (Å²) in [6.07, 6.45) is 12.5. The molecule has 1 aromatic carbocycles. The van der Waals surface area contributed by atoms with Gasteiger partial charge in [-0.1, -0.05) is 0 Å². The van der Waals surface area contributed by atoms with Gasteiger partial charge in [0.1, 0.15) is 11.4 Å². The molecule has 2 N–H and O–H groups in total. The molecule has 3 aliphatic heterocycles. The Morgan fingerprint density at radius 1 is 1.00 bits per heavy atom. The highest BCUT2D eigenvalue weighted by atomic mass is 16.5. The number of amides is 3. The van der Waals surface area contributed by atoms with E-state index in [2.05, 4.69) is 25.5 Å². The number of piperidine rings is 1. The monoisotopic (exact) mass is 591 g/mol. The number of fused-ring (bicyclic) bond motifs is 2. The van der Waals surface area contributed by atoms with Crippen LogP contribution >= 0.6 is 0 Å². The number of likely N-dealkylation sites (tertiary alicyclic amines) is 1. The van der Waals surface area contributed by atoms with Gasteiger partial charge in [0.05, 0.1) is 17.4 Å². The lowest BCUT2D eigenvalue weighted by Gasteiger charge is -2.35. The summed E-state index contributed by atoms with van der Waals surface area (Å²) < 4.78 is 7.95. The fraction of sp³-hybridized carbons (Fsp3) is 0.303. The standard InChI is InChI=1S/C33H33N7O4/c1-38-20-22(29-26(8-12-35-31(29)38)39-15-9-21(10-16-39)32(42)40-13-2-3-14-40)17-28-30(41)25-18-23(6-7-27(25)44-28)36-33(43)37-24-5-4-11-34-19-24/h4-8,11-12,17-21H,2-3,9-10,13-16H2,1H3,(H2,36,37,43). The molecule has 3 aromatic heterocycles. The lowest BCUT2D eigenvalue weighted by molar-refractivity contribution is -0.135. The number of anilines is 3. The first-order valence-electron chi connectivity index (χ1n) is 15.0. The van der Waals surface area contributed by atoms with Crippen LogP contribution in [0.15, 0.2) is 66.9 Å². The molecule has 44 heavy (non-hydrogen) atoms. The number of hydrogen-bond acceptors (Lipinski definition) is 7. The lowest BCUT2D eigenvalue weighted by Crippen LogP contribution is -2.41. The van der Waals surface area contributed by atoms with E-state index >= 15 is 0 Å². The minimum atomic E-state index is -0.444. The zero-order valence-electron chi connectivity index (χ0n) is 24.5. The first-order chi connectivity index (χ1) is 21.4. The van der Waals surface area contributed by atoms with E-state index in [1.54, 1.807) is 48.8 Å². The van der Waals surface area contributed by atoms with Crippen LogP contribution in [-0.2, 0) is 11.8 Å². The summed E-state index contributed by atoms with van der Waals surface area (Å²) >= 11 is 0. The number of aromatic nitrogens is 3. The summed E-state index contributed by atoms with van der Waals surface area (Å²) in [7, 11) is 1.93. The van der Waals surface area contributed by atoms with Crippen LogP contribution in [0.5, 0.6) is 5.75 Å². The Morgan fingerprint density at radius 2 is 1.80 bits per heavy atom. The predicted molar refractivity (Wildman–Crippen MR) is 168 cm³/mol. The number of allylic oxidation sites excluding steroid dienone is 1. The van der Waals surface area contributed by atoms with Crippen LogP contribution in [0.4, 0.5) is 21.9 Å². The zero-order chi connectivity index (χ0) is 30.2. The Kier molecular flexibility index (Phi) is 7.21. The smallest absolute Gasteiger partial charge is 0.323 e. The number of ketones is 1. The molecule has 11 heteroatoms. The molecular formula is C33H33N7O4. The Hall–Kier alpha value is -5.19. The van der Waals surface area contributed by atoms with Gasteiger partial charge in [-0.2, -0.15) is 0 Å². The number of benzene rings is 1. The number of Topliss-reactive ketones (excluding diaryl/α,β-unsaturated/α-hetero) is 1. The number of carbonyl (C=O) groups is 3. The number of carbonyl (C=O) groups excluding carboxylic acids is 3. The van der Waals surface area contributed by atoms with Crippen molar-refractivity contribution < 1.29 is 19.1 Å². The number of rotatable bonds is 5. The van der Waals surface area contributed by atoms with Crippen molar-refractivity contribution in [1.29, 1.82) is 0 Å².